The Hall–Kier alpha value is -2.44. The molecule has 5 nitrogen and oxygen atoms in total. The van der Waals surface area contributed by atoms with Crippen molar-refractivity contribution in [1.82, 2.24) is 4.90 Å². The van der Waals surface area contributed by atoms with Gasteiger partial charge in [0, 0.05) is 37.4 Å². The second kappa shape index (κ2) is 10.7. The highest BCUT2D eigenvalue weighted by Gasteiger charge is 2.26. The molecule has 1 aliphatic carbocycles. The smallest absolute Gasteiger partial charge is 0.258 e. The van der Waals surface area contributed by atoms with Crippen LogP contribution in [0.25, 0.3) is 0 Å². The van der Waals surface area contributed by atoms with E-state index in [4.69, 9.17) is 4.74 Å². The van der Waals surface area contributed by atoms with E-state index in [1.54, 1.807) is 13.1 Å². The van der Waals surface area contributed by atoms with E-state index >= 15 is 0 Å². The lowest BCUT2D eigenvalue weighted by atomic mass is 9.98. The average Bonchev–Trinajstić information content (AvgIpc) is 3.33. The molecule has 2 fully saturated rings. The highest BCUT2D eigenvalue weighted by atomic mass is 19.1. The van der Waals surface area contributed by atoms with Crippen molar-refractivity contribution in [1.29, 1.82) is 0 Å². The van der Waals surface area contributed by atoms with Crippen molar-refractivity contribution in [3.63, 3.8) is 0 Å². The fourth-order valence-electron chi connectivity index (χ4n) is 4.84. The third-order valence-corrected chi connectivity index (χ3v) is 7.10. The number of carbonyl (C=O) groups excluding carboxylic acids is 1. The Morgan fingerprint density at radius 3 is 2.39 bits per heavy atom. The first-order valence-corrected chi connectivity index (χ1v) is 12.1. The van der Waals surface area contributed by atoms with Crippen molar-refractivity contribution < 1.29 is 13.9 Å². The monoisotopic (exact) mass is 453 g/mol. The van der Waals surface area contributed by atoms with Gasteiger partial charge in [-0.25, -0.2) is 4.39 Å². The summed E-state index contributed by atoms with van der Waals surface area (Å²) >= 11 is 0. The summed E-state index contributed by atoms with van der Waals surface area (Å²) in [6.45, 7) is 2.23. The van der Waals surface area contributed by atoms with E-state index in [-0.39, 0.29) is 11.7 Å². The number of rotatable bonds is 7. The van der Waals surface area contributed by atoms with Crippen LogP contribution in [0.3, 0.4) is 0 Å². The van der Waals surface area contributed by atoms with Crippen LogP contribution in [0.15, 0.2) is 42.5 Å². The number of amides is 1. The fraction of sp³-hybridized carbons (Fsp3) is 0.519. The molecule has 0 radical (unpaired) electrons. The molecule has 2 aromatic rings. The van der Waals surface area contributed by atoms with Gasteiger partial charge in [0.25, 0.3) is 5.91 Å². The lowest BCUT2D eigenvalue weighted by molar-refractivity contribution is 0.0168. The van der Waals surface area contributed by atoms with E-state index < -0.39 is 0 Å². The van der Waals surface area contributed by atoms with Crippen molar-refractivity contribution in [2.45, 2.75) is 57.3 Å². The van der Waals surface area contributed by atoms with Crippen LogP contribution in [0.5, 0.6) is 0 Å². The first kappa shape index (κ1) is 23.7. The molecule has 0 spiro atoms. The van der Waals surface area contributed by atoms with Gasteiger partial charge in [0.05, 0.1) is 18.4 Å². The molecule has 0 aromatic heterocycles. The van der Waals surface area contributed by atoms with Gasteiger partial charge in [-0.2, -0.15) is 0 Å². The molecule has 0 N–H and O–H groups in total. The van der Waals surface area contributed by atoms with Crippen LogP contribution in [0.4, 0.5) is 15.8 Å². The molecule has 0 bridgehead atoms. The van der Waals surface area contributed by atoms with Gasteiger partial charge in [0.2, 0.25) is 0 Å². The Labute approximate surface area is 197 Å². The highest BCUT2D eigenvalue weighted by molar-refractivity contribution is 6.05. The highest BCUT2D eigenvalue weighted by Crippen LogP contribution is 2.29. The largest absolute Gasteiger partial charge is 0.374 e. The van der Waals surface area contributed by atoms with Gasteiger partial charge in [-0.05, 0) is 69.3 Å². The molecule has 4 rings (SSSR count). The third kappa shape index (κ3) is 5.74. The SMILES string of the molecule is CN(C(=O)c1ccc(COC2CCCCC2)cc1)c1ccc(N2CCC(N(C)C)C2)c(F)c1. The maximum atomic E-state index is 14.9. The molecule has 2 aliphatic rings. The number of halogens is 1. The van der Waals surface area contributed by atoms with Crippen LogP contribution in [0, 0.1) is 5.82 Å². The number of ether oxygens (including phenoxy) is 1. The zero-order valence-electron chi connectivity index (χ0n) is 20.1. The number of benzene rings is 2. The van der Waals surface area contributed by atoms with Crippen molar-refractivity contribution >= 4 is 17.3 Å². The van der Waals surface area contributed by atoms with Gasteiger partial charge in [-0.15, -0.1) is 0 Å². The summed E-state index contributed by atoms with van der Waals surface area (Å²) in [7, 11) is 5.81. The summed E-state index contributed by atoms with van der Waals surface area (Å²) in [6, 6.07) is 13.1. The van der Waals surface area contributed by atoms with Crippen LogP contribution in [-0.2, 0) is 11.3 Å². The molecular formula is C27H36FN3O2. The van der Waals surface area contributed by atoms with Crippen LogP contribution < -0.4 is 9.80 Å². The summed E-state index contributed by atoms with van der Waals surface area (Å²) in [5.41, 5.74) is 2.80. The van der Waals surface area contributed by atoms with Crippen LogP contribution >= 0.6 is 0 Å². The molecule has 1 aliphatic heterocycles. The van der Waals surface area contributed by atoms with Crippen LogP contribution in [0.1, 0.15) is 54.4 Å². The Morgan fingerprint density at radius 1 is 1.03 bits per heavy atom. The van der Waals surface area contributed by atoms with Crippen LogP contribution in [0.2, 0.25) is 0 Å². The number of hydrogen-bond donors (Lipinski definition) is 0. The lowest BCUT2D eigenvalue weighted by Gasteiger charge is -2.24. The fourth-order valence-corrected chi connectivity index (χ4v) is 4.84. The van der Waals surface area contributed by atoms with Gasteiger partial charge in [0.1, 0.15) is 5.82 Å². The van der Waals surface area contributed by atoms with Crippen molar-refractivity contribution in [3.05, 3.63) is 59.4 Å². The van der Waals surface area contributed by atoms with E-state index in [2.05, 4.69) is 23.9 Å². The standard InChI is InChI=1S/C27H36FN3O2/c1-29(2)23-15-16-31(18-23)26-14-13-22(17-25(26)28)30(3)27(32)21-11-9-20(10-12-21)19-33-24-7-5-4-6-8-24/h9-14,17,23-24H,4-8,15-16,18-19H2,1-3H3. The molecule has 1 amide bonds. The number of anilines is 2. The van der Waals surface area contributed by atoms with Gasteiger partial charge >= 0.3 is 0 Å². The van der Waals surface area contributed by atoms with E-state index in [1.807, 2.05) is 30.3 Å². The molecular weight excluding hydrogens is 417 g/mol. The zero-order valence-corrected chi connectivity index (χ0v) is 20.1. The molecule has 1 saturated heterocycles. The summed E-state index contributed by atoms with van der Waals surface area (Å²) in [5.74, 6) is -0.447. The molecule has 1 saturated carbocycles. The number of hydrogen-bond acceptors (Lipinski definition) is 4. The van der Waals surface area contributed by atoms with Crippen LogP contribution in [-0.4, -0.2) is 57.2 Å². The Kier molecular flexibility index (Phi) is 7.66. The van der Waals surface area contributed by atoms with Gasteiger partial charge in [0.15, 0.2) is 0 Å². The number of nitrogens with zero attached hydrogens (tertiary/aromatic N) is 3. The zero-order chi connectivity index (χ0) is 23.4. The van der Waals surface area contributed by atoms with Crippen molar-refractivity contribution in [3.8, 4) is 0 Å². The minimum Gasteiger partial charge on any atom is -0.374 e. The summed E-state index contributed by atoms with van der Waals surface area (Å²) in [5, 5.41) is 0. The van der Waals surface area contributed by atoms with Gasteiger partial charge in [-0.3, -0.25) is 4.79 Å². The summed E-state index contributed by atoms with van der Waals surface area (Å²) < 4.78 is 21.0. The molecule has 1 unspecified atom stereocenters. The molecule has 2 aromatic carbocycles. The average molecular weight is 454 g/mol. The minimum atomic E-state index is -0.290. The third-order valence-electron chi connectivity index (χ3n) is 7.10. The molecule has 1 heterocycles. The van der Waals surface area contributed by atoms with Gasteiger partial charge in [-0.1, -0.05) is 31.4 Å². The maximum absolute atomic E-state index is 14.9. The van der Waals surface area contributed by atoms with E-state index in [0.29, 0.717) is 35.7 Å². The Morgan fingerprint density at radius 2 is 1.76 bits per heavy atom. The molecule has 178 valence electrons. The van der Waals surface area contributed by atoms with Gasteiger partial charge < -0.3 is 19.4 Å². The normalized spacial score (nSPS) is 19.3. The topological polar surface area (TPSA) is 36.0 Å². The first-order chi connectivity index (χ1) is 15.9. The second-order valence-corrected chi connectivity index (χ2v) is 9.62. The molecule has 1 atom stereocenters. The van der Waals surface area contributed by atoms with E-state index in [1.165, 1.54) is 30.2 Å². The predicted molar refractivity (Wildman–Crippen MR) is 132 cm³/mol. The Balaban J connectivity index is 1.36. The Bertz CT molecular complexity index is 941. The second-order valence-electron chi connectivity index (χ2n) is 9.62. The number of likely N-dealkylation sites (N-methyl/N-ethyl adjacent to an activating group) is 1. The quantitative estimate of drug-likeness (QED) is 0.585. The lowest BCUT2D eigenvalue weighted by Crippen LogP contribution is -2.31. The molecule has 6 heteroatoms. The summed E-state index contributed by atoms with van der Waals surface area (Å²) in [6.07, 6.45) is 7.48. The van der Waals surface area contributed by atoms with E-state index in [9.17, 15) is 9.18 Å². The van der Waals surface area contributed by atoms with E-state index in [0.717, 1.165) is 37.9 Å². The first-order valence-electron chi connectivity index (χ1n) is 12.1. The predicted octanol–water partition coefficient (Wildman–Crippen LogP) is 5.09. The van der Waals surface area contributed by atoms with Crippen molar-refractivity contribution in [2.75, 3.05) is 44.0 Å². The van der Waals surface area contributed by atoms with Crippen molar-refractivity contribution in [2.24, 2.45) is 0 Å². The minimum absolute atomic E-state index is 0.157. The summed E-state index contributed by atoms with van der Waals surface area (Å²) in [4.78, 5) is 18.8. The maximum Gasteiger partial charge on any atom is 0.258 e. The molecule has 33 heavy (non-hydrogen) atoms. The number of carbonyl (C=O) groups is 1.